The lowest BCUT2D eigenvalue weighted by Gasteiger charge is -2.19. The first-order valence-corrected chi connectivity index (χ1v) is 13.0. The number of aliphatic hydroxyl groups is 1. The van der Waals surface area contributed by atoms with Gasteiger partial charge in [0.25, 0.3) is 5.78 Å². The number of unbranched alkanes of at least 4 members (excludes halogenated alkanes) is 2. The van der Waals surface area contributed by atoms with Crippen LogP contribution in [0.1, 0.15) is 59.7 Å². The SMILES string of the molecule is C#CCCCCl.Cc1ccc(Cl)cc1C(=O)C(F)(F)F.Cc1ccc(Cl)cc1C(C)(O)C#CCCCCl. The third-order valence-electron chi connectivity index (χ3n) is 4.65. The Labute approximate surface area is 237 Å². The quantitative estimate of drug-likeness (QED) is 0.157. The Morgan fingerprint density at radius 2 is 1.46 bits per heavy atom. The summed E-state index contributed by atoms with van der Waals surface area (Å²) in [6.45, 7) is 5.04. The molecule has 0 amide bonds. The van der Waals surface area contributed by atoms with E-state index in [1.165, 1.54) is 19.1 Å². The first kappa shape index (κ1) is 35.1. The number of ketones is 1. The van der Waals surface area contributed by atoms with Crippen LogP contribution in [0.25, 0.3) is 0 Å². The lowest BCUT2D eigenvalue weighted by molar-refractivity contribution is -0.0885. The molecule has 0 fully saturated rings. The second kappa shape index (κ2) is 17.6. The van der Waals surface area contributed by atoms with Gasteiger partial charge in [-0.05, 0) is 74.6 Å². The summed E-state index contributed by atoms with van der Waals surface area (Å²) in [6.07, 6.45) is 3.33. The number of carbonyl (C=O) groups excluding carboxylic acids is 1. The Hall–Kier alpha value is -1.86. The van der Waals surface area contributed by atoms with E-state index in [4.69, 9.17) is 52.8 Å². The molecule has 0 radical (unpaired) electrons. The van der Waals surface area contributed by atoms with Crippen molar-refractivity contribution < 1.29 is 23.1 Å². The maximum Gasteiger partial charge on any atom is 0.454 e. The van der Waals surface area contributed by atoms with Crippen molar-refractivity contribution in [2.45, 2.75) is 58.2 Å². The van der Waals surface area contributed by atoms with E-state index < -0.39 is 23.1 Å². The van der Waals surface area contributed by atoms with Crippen LogP contribution in [0.2, 0.25) is 10.0 Å². The molecular formula is C28H29Cl4F3O2. The molecule has 0 aromatic heterocycles. The molecule has 0 spiro atoms. The highest BCUT2D eigenvalue weighted by atomic mass is 35.5. The highest BCUT2D eigenvalue weighted by Gasteiger charge is 2.39. The minimum Gasteiger partial charge on any atom is -0.374 e. The summed E-state index contributed by atoms with van der Waals surface area (Å²) in [7, 11) is 0. The predicted molar refractivity (Wildman–Crippen MR) is 149 cm³/mol. The molecule has 1 N–H and O–H groups in total. The van der Waals surface area contributed by atoms with Crippen molar-refractivity contribution in [3.8, 4) is 24.2 Å². The molecule has 0 heterocycles. The normalized spacial score (nSPS) is 11.8. The van der Waals surface area contributed by atoms with Crippen LogP contribution >= 0.6 is 46.4 Å². The standard InChI is InChI=1S/C14H16Cl2O.C9H6ClF3O.C5H7Cl/c1-11-6-7-12(16)10-13(11)14(2,17)8-4-3-5-9-15;1-5-2-3-6(10)4-7(5)8(14)9(11,12)13;1-2-3-4-5-6/h6-7,10,17H,3,5,9H2,1-2H3;2-4H,1H3;1H,3-5H2. The molecule has 1 unspecified atom stereocenters. The van der Waals surface area contributed by atoms with Crippen LogP contribution in [-0.2, 0) is 5.60 Å². The molecule has 0 aliphatic heterocycles. The molecule has 2 rings (SSSR count). The summed E-state index contributed by atoms with van der Waals surface area (Å²) in [5, 5.41) is 11.0. The first-order chi connectivity index (χ1) is 17.2. The van der Waals surface area contributed by atoms with Crippen molar-refractivity contribution in [1.82, 2.24) is 0 Å². The number of Topliss-reactive ketones (excluding diaryl/α,β-unsaturated/α-hetero) is 1. The molecule has 0 bridgehead atoms. The monoisotopic (exact) mass is 594 g/mol. The van der Waals surface area contributed by atoms with Crippen LogP contribution in [0.5, 0.6) is 0 Å². The average Bonchev–Trinajstić information content (AvgIpc) is 2.83. The van der Waals surface area contributed by atoms with Crippen LogP contribution in [0.4, 0.5) is 13.2 Å². The Bertz CT molecular complexity index is 1110. The molecular weight excluding hydrogens is 567 g/mol. The molecule has 2 aromatic rings. The van der Waals surface area contributed by atoms with Gasteiger partial charge in [0.15, 0.2) is 0 Å². The third-order valence-corrected chi connectivity index (χ3v) is 5.65. The summed E-state index contributed by atoms with van der Waals surface area (Å²) >= 11 is 22.3. The summed E-state index contributed by atoms with van der Waals surface area (Å²) < 4.78 is 36.2. The minimum atomic E-state index is -4.85. The fourth-order valence-corrected chi connectivity index (χ4v) is 3.35. The Kier molecular flexibility index (Phi) is 16.7. The van der Waals surface area contributed by atoms with E-state index in [-0.39, 0.29) is 10.6 Å². The second-order valence-electron chi connectivity index (χ2n) is 7.91. The Balaban J connectivity index is 0.000000583. The molecule has 9 heteroatoms. The van der Waals surface area contributed by atoms with E-state index in [0.29, 0.717) is 23.2 Å². The van der Waals surface area contributed by atoms with Crippen LogP contribution in [0, 0.1) is 38.0 Å². The molecule has 1 atom stereocenters. The number of carbonyl (C=O) groups is 1. The maximum atomic E-state index is 12.1. The summed E-state index contributed by atoms with van der Waals surface area (Å²) in [5.41, 5.74) is 0.428. The number of benzene rings is 2. The van der Waals surface area contributed by atoms with E-state index in [2.05, 4.69) is 17.8 Å². The van der Waals surface area contributed by atoms with Crippen LogP contribution in [-0.4, -0.2) is 28.8 Å². The summed E-state index contributed by atoms with van der Waals surface area (Å²) in [5.74, 6) is 7.71. The molecule has 0 aliphatic carbocycles. The molecule has 2 nitrogen and oxygen atoms in total. The van der Waals surface area contributed by atoms with E-state index in [1.54, 1.807) is 19.1 Å². The first-order valence-electron chi connectivity index (χ1n) is 11.1. The molecule has 37 heavy (non-hydrogen) atoms. The predicted octanol–water partition coefficient (Wildman–Crippen LogP) is 8.91. The number of hydrogen-bond donors (Lipinski definition) is 1. The topological polar surface area (TPSA) is 37.3 Å². The zero-order valence-corrected chi connectivity index (χ0v) is 23.8. The van der Waals surface area contributed by atoms with Crippen molar-refractivity contribution in [3.05, 3.63) is 68.7 Å². The highest BCUT2D eigenvalue weighted by molar-refractivity contribution is 6.31. The van der Waals surface area contributed by atoms with E-state index in [9.17, 15) is 23.1 Å². The van der Waals surface area contributed by atoms with Gasteiger partial charge >= 0.3 is 6.18 Å². The zero-order chi connectivity index (χ0) is 28.6. The fourth-order valence-electron chi connectivity index (χ4n) is 2.74. The van der Waals surface area contributed by atoms with Gasteiger partial charge in [0.1, 0.15) is 5.60 Å². The Morgan fingerprint density at radius 1 is 0.946 bits per heavy atom. The van der Waals surface area contributed by atoms with Gasteiger partial charge in [0.2, 0.25) is 0 Å². The van der Waals surface area contributed by atoms with Crippen molar-refractivity contribution in [1.29, 1.82) is 0 Å². The molecule has 0 saturated heterocycles. The number of halogens is 7. The molecule has 0 aliphatic rings. The van der Waals surface area contributed by atoms with E-state index in [1.807, 2.05) is 13.0 Å². The van der Waals surface area contributed by atoms with Gasteiger partial charge in [0, 0.05) is 40.2 Å². The average molecular weight is 596 g/mol. The summed E-state index contributed by atoms with van der Waals surface area (Å²) in [4.78, 5) is 10.9. The van der Waals surface area contributed by atoms with E-state index in [0.717, 1.165) is 36.5 Å². The van der Waals surface area contributed by atoms with Crippen molar-refractivity contribution in [3.63, 3.8) is 0 Å². The second-order valence-corrected chi connectivity index (χ2v) is 9.54. The zero-order valence-electron chi connectivity index (χ0n) is 20.8. The van der Waals surface area contributed by atoms with E-state index >= 15 is 0 Å². The van der Waals surface area contributed by atoms with Crippen molar-refractivity contribution >= 4 is 52.2 Å². The van der Waals surface area contributed by atoms with Crippen LogP contribution < -0.4 is 0 Å². The third kappa shape index (κ3) is 14.0. The lowest BCUT2D eigenvalue weighted by Crippen LogP contribution is -2.23. The fraction of sp³-hybridized carbons (Fsp3) is 0.393. The lowest BCUT2D eigenvalue weighted by atomic mass is 9.92. The van der Waals surface area contributed by atoms with Gasteiger partial charge in [0.05, 0.1) is 0 Å². The minimum absolute atomic E-state index is 0.114. The Morgan fingerprint density at radius 3 is 1.95 bits per heavy atom. The van der Waals surface area contributed by atoms with Crippen LogP contribution in [0.15, 0.2) is 36.4 Å². The maximum absolute atomic E-state index is 12.1. The van der Waals surface area contributed by atoms with Gasteiger partial charge < -0.3 is 5.11 Å². The van der Waals surface area contributed by atoms with Gasteiger partial charge in [-0.3, -0.25) is 4.79 Å². The number of alkyl halides is 5. The van der Waals surface area contributed by atoms with Crippen molar-refractivity contribution in [2.75, 3.05) is 11.8 Å². The number of aryl methyl sites for hydroxylation is 2. The number of rotatable bonds is 6. The van der Waals surface area contributed by atoms with Crippen molar-refractivity contribution in [2.24, 2.45) is 0 Å². The largest absolute Gasteiger partial charge is 0.454 e. The van der Waals surface area contributed by atoms with Gasteiger partial charge in [-0.1, -0.05) is 47.2 Å². The van der Waals surface area contributed by atoms with Gasteiger partial charge in [-0.2, -0.15) is 13.2 Å². The van der Waals surface area contributed by atoms with Crippen LogP contribution in [0.3, 0.4) is 0 Å². The van der Waals surface area contributed by atoms with Gasteiger partial charge in [-0.15, -0.1) is 35.5 Å². The number of hydrogen-bond acceptors (Lipinski definition) is 2. The van der Waals surface area contributed by atoms with Gasteiger partial charge in [-0.25, -0.2) is 0 Å². The molecule has 202 valence electrons. The number of terminal acetylenes is 1. The summed E-state index contributed by atoms with van der Waals surface area (Å²) in [6, 6.07) is 9.27. The molecule has 2 aromatic carbocycles. The smallest absolute Gasteiger partial charge is 0.374 e. The highest BCUT2D eigenvalue weighted by Crippen LogP contribution is 2.27. The molecule has 0 saturated carbocycles.